The van der Waals surface area contributed by atoms with Crippen LogP contribution in [0.5, 0.6) is 0 Å². The van der Waals surface area contributed by atoms with E-state index in [1.165, 1.54) is 40.2 Å². The number of rotatable bonds is 5. The molecule has 0 bridgehead atoms. The summed E-state index contributed by atoms with van der Waals surface area (Å²) in [7, 11) is 0. The number of hydrogen-bond donors (Lipinski definition) is 1. The second-order valence-electron chi connectivity index (χ2n) is 8.86. The smallest absolute Gasteiger partial charge is 0.252 e. The molecule has 1 amide bonds. The fourth-order valence-electron chi connectivity index (χ4n) is 4.82. The monoisotopic (exact) mass is 471 g/mol. The van der Waals surface area contributed by atoms with Gasteiger partial charge in [0.1, 0.15) is 17.7 Å². The van der Waals surface area contributed by atoms with Gasteiger partial charge in [0, 0.05) is 24.1 Å². The Labute approximate surface area is 200 Å². The minimum Gasteiger partial charge on any atom is -0.309 e. The Morgan fingerprint density at radius 2 is 1.91 bits per heavy atom. The molecule has 2 aromatic heterocycles. The Bertz CT molecular complexity index is 1490. The molecule has 0 spiro atoms. The van der Waals surface area contributed by atoms with Gasteiger partial charge in [0.2, 0.25) is 5.91 Å². The van der Waals surface area contributed by atoms with Crippen molar-refractivity contribution in [2.75, 3.05) is 11.1 Å². The maximum atomic E-state index is 13.5. The average molecular weight is 472 g/mol. The fraction of sp³-hybridized carbons (Fsp3) is 0.222. The number of anilines is 1. The molecule has 34 heavy (non-hydrogen) atoms. The van der Waals surface area contributed by atoms with Crippen molar-refractivity contribution in [2.24, 2.45) is 0 Å². The molecule has 1 aliphatic heterocycles. The zero-order chi connectivity index (χ0) is 23.2. The van der Waals surface area contributed by atoms with Crippen molar-refractivity contribution in [3.8, 4) is 0 Å². The zero-order valence-electron chi connectivity index (χ0n) is 18.3. The molecule has 1 saturated carbocycles. The molecule has 0 saturated heterocycles. The highest BCUT2D eigenvalue weighted by molar-refractivity contribution is 7.99. The molecule has 1 aliphatic carbocycles. The molecule has 4 aromatic rings. The molecule has 2 aromatic carbocycles. The van der Waals surface area contributed by atoms with E-state index >= 15 is 0 Å². The average Bonchev–Trinajstić information content (AvgIpc) is 3.56. The first kappa shape index (κ1) is 21.1. The van der Waals surface area contributed by atoms with Crippen molar-refractivity contribution in [1.29, 1.82) is 0 Å². The molecular weight excluding hydrogens is 449 g/mol. The minimum absolute atomic E-state index is 0.145. The van der Waals surface area contributed by atoms with Crippen molar-refractivity contribution in [3.63, 3.8) is 0 Å². The number of carbonyl (C=O) groups excluding carboxylic acids is 1. The highest BCUT2D eigenvalue weighted by atomic mass is 32.2. The van der Waals surface area contributed by atoms with E-state index in [0.29, 0.717) is 18.1 Å². The first-order valence-electron chi connectivity index (χ1n) is 11.4. The van der Waals surface area contributed by atoms with E-state index in [0.717, 1.165) is 23.4 Å². The number of aromatic nitrogens is 2. The summed E-state index contributed by atoms with van der Waals surface area (Å²) in [6, 6.07) is 18.0. The van der Waals surface area contributed by atoms with Gasteiger partial charge < -0.3 is 5.32 Å². The summed E-state index contributed by atoms with van der Waals surface area (Å²) in [4.78, 5) is 30.3. The number of fused-ring (bicyclic) bond motifs is 2. The number of halogens is 1. The molecule has 7 heteroatoms. The van der Waals surface area contributed by atoms with Crippen molar-refractivity contribution < 1.29 is 9.18 Å². The molecular formula is C27H22FN3O2S. The molecule has 1 N–H and O–H groups in total. The van der Waals surface area contributed by atoms with E-state index in [4.69, 9.17) is 0 Å². The summed E-state index contributed by atoms with van der Waals surface area (Å²) in [5, 5.41) is 5.95. The number of hydrogen-bond acceptors (Lipinski definition) is 4. The van der Waals surface area contributed by atoms with Crippen LogP contribution in [0, 0.1) is 5.82 Å². The first-order chi connectivity index (χ1) is 16.6. The Balaban J connectivity index is 1.38. The van der Waals surface area contributed by atoms with Crippen LogP contribution in [0.25, 0.3) is 10.8 Å². The summed E-state index contributed by atoms with van der Waals surface area (Å²) in [6.45, 7) is 0. The fourth-order valence-corrected chi connectivity index (χ4v) is 6.25. The molecule has 3 heterocycles. The van der Waals surface area contributed by atoms with Crippen LogP contribution in [0.15, 0.2) is 76.7 Å². The Hall–Kier alpha value is -3.45. The third-order valence-corrected chi connectivity index (χ3v) is 7.71. The third-order valence-electron chi connectivity index (χ3n) is 6.54. The van der Waals surface area contributed by atoms with E-state index in [9.17, 15) is 14.0 Å². The highest BCUT2D eigenvalue weighted by Crippen LogP contribution is 2.48. The van der Waals surface area contributed by atoms with E-state index < -0.39 is 11.9 Å². The van der Waals surface area contributed by atoms with Crippen LogP contribution in [-0.2, 0) is 11.2 Å². The second kappa shape index (κ2) is 8.40. The predicted molar refractivity (Wildman–Crippen MR) is 132 cm³/mol. The van der Waals surface area contributed by atoms with Crippen molar-refractivity contribution >= 4 is 34.3 Å². The lowest BCUT2D eigenvalue weighted by molar-refractivity contribution is -0.118. The van der Waals surface area contributed by atoms with Crippen LogP contribution in [0.4, 0.5) is 10.2 Å². The third kappa shape index (κ3) is 3.80. The van der Waals surface area contributed by atoms with Gasteiger partial charge in [-0.25, -0.2) is 9.37 Å². The van der Waals surface area contributed by atoms with Gasteiger partial charge in [-0.3, -0.25) is 14.2 Å². The molecule has 5 nitrogen and oxygen atoms in total. The van der Waals surface area contributed by atoms with Gasteiger partial charge in [-0.05, 0) is 58.7 Å². The summed E-state index contributed by atoms with van der Waals surface area (Å²) >= 11 is 1.56. The van der Waals surface area contributed by atoms with Crippen LogP contribution >= 0.6 is 11.8 Å². The maximum absolute atomic E-state index is 13.5. The summed E-state index contributed by atoms with van der Waals surface area (Å²) in [5.41, 5.74) is 3.28. The van der Waals surface area contributed by atoms with Gasteiger partial charge in [0.05, 0.1) is 5.03 Å². The van der Waals surface area contributed by atoms with Crippen LogP contribution < -0.4 is 10.9 Å². The van der Waals surface area contributed by atoms with Gasteiger partial charge >= 0.3 is 0 Å². The van der Waals surface area contributed by atoms with Gasteiger partial charge in [0.25, 0.3) is 5.56 Å². The number of pyridine rings is 2. The molecule has 0 radical (unpaired) electrons. The molecule has 1 fully saturated rings. The second-order valence-corrected chi connectivity index (χ2v) is 9.87. The Morgan fingerprint density at radius 1 is 1.09 bits per heavy atom. The van der Waals surface area contributed by atoms with Crippen LogP contribution in [0.3, 0.4) is 0 Å². The van der Waals surface area contributed by atoms with Gasteiger partial charge in [-0.15, -0.1) is 11.8 Å². The van der Waals surface area contributed by atoms with Gasteiger partial charge in [-0.1, -0.05) is 42.5 Å². The number of benzene rings is 2. The Kier molecular flexibility index (Phi) is 5.21. The standard InChI is InChI=1S/C27H22FN3O2S/c28-20-10-11-29-23(14-20)30-26(33)22-15-34-27-25(17-8-9-17)19(13-24(32)31(22)27)12-18-6-3-5-16-4-1-2-7-21(16)18/h1-7,10-11,13-14,17,22H,8-9,12,15H2,(H,29,30,33)/t22-/m0/s1. The summed E-state index contributed by atoms with van der Waals surface area (Å²) in [5.74, 6) is 0.207. The predicted octanol–water partition coefficient (Wildman–Crippen LogP) is 5.29. The Morgan fingerprint density at radius 3 is 2.74 bits per heavy atom. The van der Waals surface area contributed by atoms with Crippen molar-refractivity contribution in [1.82, 2.24) is 9.55 Å². The number of nitrogens with one attached hydrogen (secondary N) is 1. The lowest BCUT2D eigenvalue weighted by atomic mass is 9.95. The van der Waals surface area contributed by atoms with Crippen LogP contribution in [0.1, 0.15) is 41.5 Å². The normalized spacial score (nSPS) is 17.0. The van der Waals surface area contributed by atoms with E-state index in [1.54, 1.807) is 22.4 Å². The number of thioether (sulfide) groups is 1. The number of amides is 1. The number of carbonyl (C=O) groups is 1. The molecule has 1 atom stereocenters. The number of nitrogens with zero attached hydrogens (tertiary/aromatic N) is 2. The van der Waals surface area contributed by atoms with Crippen molar-refractivity contribution in [2.45, 2.75) is 36.2 Å². The minimum atomic E-state index is -0.651. The summed E-state index contributed by atoms with van der Waals surface area (Å²) < 4.78 is 15.1. The summed E-state index contributed by atoms with van der Waals surface area (Å²) in [6.07, 6.45) is 4.18. The van der Waals surface area contributed by atoms with Crippen LogP contribution in [-0.4, -0.2) is 21.2 Å². The molecule has 170 valence electrons. The van der Waals surface area contributed by atoms with Gasteiger partial charge in [0.15, 0.2) is 0 Å². The lowest BCUT2D eigenvalue weighted by Crippen LogP contribution is -2.33. The quantitative estimate of drug-likeness (QED) is 0.430. The van der Waals surface area contributed by atoms with Gasteiger partial charge in [-0.2, -0.15) is 0 Å². The largest absolute Gasteiger partial charge is 0.309 e. The molecule has 0 unspecified atom stereocenters. The SMILES string of the molecule is O=C(Nc1cc(F)ccn1)[C@@H]1CSc2c(C3CC3)c(Cc3cccc4ccccc34)cc(=O)n21. The lowest BCUT2D eigenvalue weighted by Gasteiger charge is -2.18. The molecule has 2 aliphatic rings. The topological polar surface area (TPSA) is 64.0 Å². The van der Waals surface area contributed by atoms with E-state index in [-0.39, 0.29) is 17.3 Å². The maximum Gasteiger partial charge on any atom is 0.252 e. The van der Waals surface area contributed by atoms with E-state index in [2.05, 4.69) is 40.6 Å². The molecule has 6 rings (SSSR count). The first-order valence-corrected chi connectivity index (χ1v) is 12.4. The van der Waals surface area contributed by atoms with Crippen molar-refractivity contribution in [3.05, 3.63) is 99.7 Å². The zero-order valence-corrected chi connectivity index (χ0v) is 19.1. The highest BCUT2D eigenvalue weighted by Gasteiger charge is 2.37. The van der Waals surface area contributed by atoms with Crippen LogP contribution in [0.2, 0.25) is 0 Å². The van der Waals surface area contributed by atoms with E-state index in [1.807, 2.05) is 12.1 Å².